The number of halogens is 1. The number of fused-ring (bicyclic) bond motifs is 1. The van der Waals surface area contributed by atoms with Gasteiger partial charge in [0.05, 0.1) is 36.9 Å². The van der Waals surface area contributed by atoms with Gasteiger partial charge in [-0.05, 0) is 49.8 Å². The molecule has 1 N–H and O–H groups in total. The van der Waals surface area contributed by atoms with Crippen molar-refractivity contribution in [2.75, 3.05) is 26.9 Å². The largest absolute Gasteiger partial charge is 0.497 e. The number of rotatable bonds is 9. The highest BCUT2D eigenvalue weighted by atomic mass is 79.9. The number of nitrogens with one attached hydrogen (secondary N) is 1. The van der Waals surface area contributed by atoms with Crippen LogP contribution in [0.25, 0.3) is 22.7 Å². The Bertz CT molecular complexity index is 1200. The monoisotopic (exact) mass is 499 g/mol. The molecule has 32 heavy (non-hydrogen) atoms. The minimum Gasteiger partial charge on any atom is -0.497 e. The second kappa shape index (κ2) is 10.7. The van der Waals surface area contributed by atoms with Crippen molar-refractivity contribution in [1.82, 2.24) is 9.97 Å². The topological polar surface area (TPSA) is 106 Å². The minimum absolute atomic E-state index is 0.235. The van der Waals surface area contributed by atoms with Gasteiger partial charge in [-0.15, -0.1) is 0 Å². The number of imidazole rings is 1. The number of carbonyl (C=O) groups excluding carboxylic acids is 1. The van der Waals surface area contributed by atoms with Crippen LogP contribution in [0.3, 0.4) is 0 Å². The van der Waals surface area contributed by atoms with Gasteiger partial charge in [0.15, 0.2) is 18.1 Å². The molecule has 1 heterocycles. The summed E-state index contributed by atoms with van der Waals surface area (Å²) in [6, 6.07) is 11.1. The predicted octanol–water partition coefficient (Wildman–Crippen LogP) is 4.74. The van der Waals surface area contributed by atoms with Crippen LogP contribution in [0, 0.1) is 11.3 Å². The number of nitrogens with zero attached hydrogens (tertiary/aromatic N) is 2. The summed E-state index contributed by atoms with van der Waals surface area (Å²) >= 11 is 3.50. The summed E-state index contributed by atoms with van der Waals surface area (Å²) in [5.74, 6) is 1.49. The SMILES string of the molecule is CCOC(=O)COc1cc(Br)c(/C=C(/C#N)c2nc3ccc(OC)cc3[nH]2)cc1OCC. The molecule has 0 aliphatic carbocycles. The number of aromatic amines is 1. The number of carbonyl (C=O) groups is 1. The third kappa shape index (κ3) is 5.39. The van der Waals surface area contributed by atoms with Gasteiger partial charge >= 0.3 is 5.97 Å². The Labute approximate surface area is 193 Å². The lowest BCUT2D eigenvalue weighted by Crippen LogP contribution is -2.15. The lowest BCUT2D eigenvalue weighted by Gasteiger charge is -2.13. The van der Waals surface area contributed by atoms with Crippen LogP contribution >= 0.6 is 15.9 Å². The van der Waals surface area contributed by atoms with Gasteiger partial charge in [0.25, 0.3) is 0 Å². The number of methoxy groups -OCH3 is 1. The summed E-state index contributed by atoms with van der Waals surface area (Å²) in [7, 11) is 1.59. The van der Waals surface area contributed by atoms with Crippen LogP contribution in [-0.4, -0.2) is 42.9 Å². The number of hydrogen-bond acceptors (Lipinski definition) is 7. The van der Waals surface area contributed by atoms with E-state index in [9.17, 15) is 10.1 Å². The van der Waals surface area contributed by atoms with E-state index in [1.165, 1.54) is 0 Å². The van der Waals surface area contributed by atoms with Crippen LogP contribution in [0.15, 0.2) is 34.8 Å². The van der Waals surface area contributed by atoms with Crippen LogP contribution in [-0.2, 0) is 9.53 Å². The highest BCUT2D eigenvalue weighted by molar-refractivity contribution is 9.10. The zero-order valence-electron chi connectivity index (χ0n) is 17.9. The lowest BCUT2D eigenvalue weighted by atomic mass is 10.1. The molecule has 0 spiro atoms. The van der Waals surface area contributed by atoms with Crippen LogP contribution in [0.1, 0.15) is 25.2 Å². The Balaban J connectivity index is 1.95. The molecule has 3 aromatic rings. The van der Waals surface area contributed by atoms with Crippen LogP contribution < -0.4 is 14.2 Å². The number of hydrogen-bond donors (Lipinski definition) is 1. The van der Waals surface area contributed by atoms with E-state index in [1.54, 1.807) is 32.2 Å². The van der Waals surface area contributed by atoms with E-state index in [1.807, 2.05) is 25.1 Å². The van der Waals surface area contributed by atoms with E-state index in [2.05, 4.69) is 32.0 Å². The summed E-state index contributed by atoms with van der Waals surface area (Å²) < 4.78 is 22.0. The third-order valence-corrected chi connectivity index (χ3v) is 5.06. The summed E-state index contributed by atoms with van der Waals surface area (Å²) in [5.41, 5.74) is 2.51. The van der Waals surface area contributed by atoms with Gasteiger partial charge in [0, 0.05) is 10.5 Å². The minimum atomic E-state index is -0.469. The number of allylic oxidation sites excluding steroid dienone is 1. The number of ether oxygens (including phenoxy) is 4. The lowest BCUT2D eigenvalue weighted by molar-refractivity contribution is -0.145. The molecule has 0 amide bonds. The summed E-state index contributed by atoms with van der Waals surface area (Å²) in [6.07, 6.45) is 1.69. The quantitative estimate of drug-likeness (QED) is 0.334. The van der Waals surface area contributed by atoms with Crippen molar-refractivity contribution in [1.29, 1.82) is 5.26 Å². The van der Waals surface area contributed by atoms with Gasteiger partial charge in [-0.3, -0.25) is 0 Å². The molecule has 166 valence electrons. The first-order valence-electron chi connectivity index (χ1n) is 9.89. The molecule has 8 nitrogen and oxygen atoms in total. The van der Waals surface area contributed by atoms with Crippen LogP contribution in [0.2, 0.25) is 0 Å². The molecule has 0 radical (unpaired) electrons. The molecule has 0 saturated heterocycles. The maximum Gasteiger partial charge on any atom is 0.344 e. The molecule has 0 aliphatic heterocycles. The molecule has 0 atom stereocenters. The zero-order valence-corrected chi connectivity index (χ0v) is 19.5. The zero-order chi connectivity index (χ0) is 23.1. The van der Waals surface area contributed by atoms with Crippen molar-refractivity contribution >= 4 is 44.6 Å². The van der Waals surface area contributed by atoms with Crippen molar-refractivity contribution in [2.45, 2.75) is 13.8 Å². The van der Waals surface area contributed by atoms with Crippen LogP contribution in [0.5, 0.6) is 17.2 Å². The van der Waals surface area contributed by atoms with Crippen molar-refractivity contribution in [3.05, 3.63) is 46.2 Å². The Morgan fingerprint density at radius 3 is 2.66 bits per heavy atom. The van der Waals surface area contributed by atoms with Gasteiger partial charge in [0.2, 0.25) is 0 Å². The molecule has 9 heteroatoms. The summed E-state index contributed by atoms with van der Waals surface area (Å²) in [5, 5.41) is 9.76. The number of nitriles is 1. The molecule has 3 rings (SSSR count). The highest BCUT2D eigenvalue weighted by Gasteiger charge is 2.15. The van der Waals surface area contributed by atoms with Crippen molar-refractivity contribution in [3.8, 4) is 23.3 Å². The van der Waals surface area contributed by atoms with E-state index in [0.717, 1.165) is 11.0 Å². The van der Waals surface area contributed by atoms with Crippen molar-refractivity contribution < 1.29 is 23.7 Å². The molecule has 0 aliphatic rings. The second-order valence-corrected chi connectivity index (χ2v) is 7.34. The fourth-order valence-corrected chi connectivity index (χ4v) is 3.37. The molecule has 1 aromatic heterocycles. The van der Waals surface area contributed by atoms with E-state index >= 15 is 0 Å². The number of H-pyrrole nitrogens is 1. The maximum absolute atomic E-state index is 11.6. The number of benzene rings is 2. The van der Waals surface area contributed by atoms with E-state index in [0.29, 0.717) is 45.3 Å². The normalized spacial score (nSPS) is 11.2. The number of aromatic nitrogens is 2. The Kier molecular flexibility index (Phi) is 7.73. The summed E-state index contributed by atoms with van der Waals surface area (Å²) in [4.78, 5) is 19.3. The Morgan fingerprint density at radius 1 is 1.19 bits per heavy atom. The Morgan fingerprint density at radius 2 is 1.97 bits per heavy atom. The molecular formula is C23H22BrN3O5. The van der Waals surface area contributed by atoms with Gasteiger partial charge in [-0.2, -0.15) is 5.26 Å². The smallest absolute Gasteiger partial charge is 0.344 e. The van der Waals surface area contributed by atoms with Crippen molar-refractivity contribution in [3.63, 3.8) is 0 Å². The number of esters is 1. The van der Waals surface area contributed by atoms with Crippen molar-refractivity contribution in [2.24, 2.45) is 0 Å². The first kappa shape index (κ1) is 23.2. The average Bonchev–Trinajstić information content (AvgIpc) is 3.21. The average molecular weight is 500 g/mol. The van der Waals surface area contributed by atoms with Gasteiger partial charge < -0.3 is 23.9 Å². The fourth-order valence-electron chi connectivity index (χ4n) is 2.93. The van der Waals surface area contributed by atoms with Gasteiger partial charge in [-0.25, -0.2) is 9.78 Å². The molecule has 2 aromatic carbocycles. The van der Waals surface area contributed by atoms with E-state index in [-0.39, 0.29) is 13.2 Å². The fraction of sp³-hybridized carbons (Fsp3) is 0.261. The molecule has 0 bridgehead atoms. The molecule has 0 saturated carbocycles. The summed E-state index contributed by atoms with van der Waals surface area (Å²) in [6.45, 7) is 4.01. The maximum atomic E-state index is 11.6. The standard InChI is InChI=1S/C23H22BrN3O5/c1-4-30-20-9-14(17(24)11-21(20)32-13-22(28)31-5-2)8-15(12-25)23-26-18-7-6-16(29-3)10-19(18)27-23/h6-11H,4-5,13H2,1-3H3,(H,26,27)/b15-8-. The second-order valence-electron chi connectivity index (χ2n) is 6.49. The van der Waals surface area contributed by atoms with Crippen LogP contribution in [0.4, 0.5) is 0 Å². The van der Waals surface area contributed by atoms with Gasteiger partial charge in [-0.1, -0.05) is 15.9 Å². The first-order chi connectivity index (χ1) is 15.5. The third-order valence-electron chi connectivity index (χ3n) is 4.38. The van der Waals surface area contributed by atoms with Gasteiger partial charge in [0.1, 0.15) is 17.6 Å². The highest BCUT2D eigenvalue weighted by Crippen LogP contribution is 2.35. The predicted molar refractivity (Wildman–Crippen MR) is 124 cm³/mol. The molecule has 0 fully saturated rings. The van der Waals surface area contributed by atoms with E-state index < -0.39 is 5.97 Å². The first-order valence-corrected chi connectivity index (χ1v) is 10.7. The van der Waals surface area contributed by atoms with E-state index in [4.69, 9.17) is 18.9 Å². The molecular weight excluding hydrogens is 478 g/mol. The Hall–Kier alpha value is -3.51. The molecule has 0 unspecified atom stereocenters.